The maximum Gasteiger partial charge on any atom is 0.339 e. The van der Waals surface area contributed by atoms with Gasteiger partial charge in [0.05, 0.1) is 34.7 Å². The van der Waals surface area contributed by atoms with Crippen molar-refractivity contribution in [3.63, 3.8) is 0 Å². The summed E-state index contributed by atoms with van der Waals surface area (Å²) >= 11 is 7.50. The zero-order valence-electron chi connectivity index (χ0n) is 15.2. The highest BCUT2D eigenvalue weighted by Crippen LogP contribution is 2.28. The molecule has 28 heavy (non-hydrogen) atoms. The van der Waals surface area contributed by atoms with E-state index in [2.05, 4.69) is 10.5 Å². The van der Waals surface area contributed by atoms with Gasteiger partial charge < -0.3 is 14.6 Å². The monoisotopic (exact) mass is 416 g/mol. The normalized spacial score (nSPS) is 10.5. The topological polar surface area (TPSA) is 81.4 Å². The number of carbonyl (C=O) groups excluding carboxylic acids is 2. The number of esters is 1. The minimum Gasteiger partial charge on any atom is -0.465 e. The van der Waals surface area contributed by atoms with Crippen molar-refractivity contribution in [2.24, 2.45) is 0 Å². The Morgan fingerprint density at radius 1 is 1.18 bits per heavy atom. The average molecular weight is 417 g/mol. The van der Waals surface area contributed by atoms with E-state index < -0.39 is 5.97 Å². The summed E-state index contributed by atoms with van der Waals surface area (Å²) in [6.45, 7) is 1.85. The van der Waals surface area contributed by atoms with E-state index >= 15 is 0 Å². The fraction of sp³-hybridized carbons (Fsp3) is 0.150. The van der Waals surface area contributed by atoms with Crippen molar-refractivity contribution < 1.29 is 18.8 Å². The molecule has 1 N–H and O–H groups in total. The van der Waals surface area contributed by atoms with Gasteiger partial charge >= 0.3 is 5.97 Å². The molecule has 0 spiro atoms. The van der Waals surface area contributed by atoms with Crippen LogP contribution in [-0.2, 0) is 10.5 Å². The van der Waals surface area contributed by atoms with Gasteiger partial charge in [0.25, 0.3) is 5.91 Å². The van der Waals surface area contributed by atoms with Gasteiger partial charge in [-0.05, 0) is 37.3 Å². The predicted molar refractivity (Wildman–Crippen MR) is 108 cm³/mol. The number of anilines is 1. The number of thioether (sulfide) groups is 1. The lowest BCUT2D eigenvalue weighted by molar-refractivity contribution is 0.0600. The lowest BCUT2D eigenvalue weighted by atomic mass is 10.1. The first-order chi connectivity index (χ1) is 13.5. The molecule has 0 fully saturated rings. The summed E-state index contributed by atoms with van der Waals surface area (Å²) in [5.41, 5.74) is 1.95. The Morgan fingerprint density at radius 3 is 2.68 bits per heavy atom. The number of carbonyl (C=O) groups is 2. The van der Waals surface area contributed by atoms with E-state index in [4.69, 9.17) is 20.9 Å². The molecule has 1 aromatic heterocycles. The van der Waals surface area contributed by atoms with Crippen LogP contribution in [0.1, 0.15) is 32.2 Å². The van der Waals surface area contributed by atoms with Crippen LogP contribution < -0.4 is 5.32 Å². The number of methoxy groups -OCH3 is 1. The molecule has 0 aliphatic carbocycles. The number of aryl methyl sites for hydroxylation is 1. The molecule has 8 heteroatoms. The summed E-state index contributed by atoms with van der Waals surface area (Å²) in [6.07, 6.45) is 0. The molecule has 2 aromatic carbocycles. The lowest BCUT2D eigenvalue weighted by Gasteiger charge is -2.11. The van der Waals surface area contributed by atoms with Crippen LogP contribution in [0.5, 0.6) is 0 Å². The number of aromatic nitrogens is 1. The number of hydrogen-bond donors (Lipinski definition) is 1. The van der Waals surface area contributed by atoms with Gasteiger partial charge in [-0.25, -0.2) is 4.79 Å². The summed E-state index contributed by atoms with van der Waals surface area (Å²) in [5.74, 6) is 0.422. The molecule has 0 bridgehead atoms. The highest BCUT2D eigenvalue weighted by atomic mass is 35.5. The van der Waals surface area contributed by atoms with E-state index in [9.17, 15) is 9.59 Å². The van der Waals surface area contributed by atoms with Crippen LogP contribution in [0.15, 0.2) is 57.9 Å². The van der Waals surface area contributed by atoms with E-state index in [1.54, 1.807) is 18.2 Å². The van der Waals surface area contributed by atoms with E-state index in [1.807, 2.05) is 25.1 Å². The zero-order valence-corrected chi connectivity index (χ0v) is 16.8. The molecule has 3 rings (SSSR count). The predicted octanol–water partition coefficient (Wildman–Crippen LogP) is 4.97. The van der Waals surface area contributed by atoms with Crippen LogP contribution in [0.25, 0.3) is 0 Å². The van der Waals surface area contributed by atoms with Gasteiger partial charge in [0.2, 0.25) is 0 Å². The average Bonchev–Trinajstić information content (AvgIpc) is 3.12. The SMILES string of the molecule is COC(=O)c1cc(NC(=O)c2ccccc2SCc2cc(C)no2)ccc1Cl. The number of nitrogens with zero attached hydrogens (tertiary/aromatic N) is 1. The molecule has 6 nitrogen and oxygen atoms in total. The summed E-state index contributed by atoms with van der Waals surface area (Å²) < 4.78 is 9.91. The van der Waals surface area contributed by atoms with Crippen LogP contribution in [0, 0.1) is 6.92 Å². The van der Waals surface area contributed by atoms with E-state index in [-0.39, 0.29) is 16.5 Å². The minimum absolute atomic E-state index is 0.185. The highest BCUT2D eigenvalue weighted by molar-refractivity contribution is 7.98. The Morgan fingerprint density at radius 2 is 1.96 bits per heavy atom. The summed E-state index contributed by atoms with van der Waals surface area (Å²) in [4.78, 5) is 25.4. The van der Waals surface area contributed by atoms with Crippen LogP contribution >= 0.6 is 23.4 Å². The molecule has 144 valence electrons. The van der Waals surface area contributed by atoms with Crippen LogP contribution in [0.3, 0.4) is 0 Å². The molecule has 0 radical (unpaired) electrons. The van der Waals surface area contributed by atoms with Crippen molar-refractivity contribution >= 4 is 40.9 Å². The van der Waals surface area contributed by atoms with Gasteiger partial charge in [-0.3, -0.25) is 4.79 Å². The maximum absolute atomic E-state index is 12.8. The molecule has 0 saturated heterocycles. The van der Waals surface area contributed by atoms with Crippen molar-refractivity contribution in [1.82, 2.24) is 5.16 Å². The first-order valence-electron chi connectivity index (χ1n) is 8.31. The van der Waals surface area contributed by atoms with Crippen molar-refractivity contribution in [3.8, 4) is 0 Å². The molecular weight excluding hydrogens is 400 g/mol. The van der Waals surface area contributed by atoms with Gasteiger partial charge in [-0.1, -0.05) is 28.9 Å². The highest BCUT2D eigenvalue weighted by Gasteiger charge is 2.15. The third kappa shape index (κ3) is 4.74. The summed E-state index contributed by atoms with van der Waals surface area (Å²) in [7, 11) is 1.27. The second kappa shape index (κ2) is 8.95. The fourth-order valence-corrected chi connectivity index (χ4v) is 3.60. The largest absolute Gasteiger partial charge is 0.465 e. The van der Waals surface area contributed by atoms with Crippen LogP contribution in [0.2, 0.25) is 5.02 Å². The molecular formula is C20H17ClN2O4S. The molecule has 0 aliphatic heterocycles. The molecule has 0 saturated carbocycles. The third-order valence-electron chi connectivity index (χ3n) is 3.81. The summed E-state index contributed by atoms with van der Waals surface area (Å²) in [5, 5.41) is 6.91. The van der Waals surface area contributed by atoms with Gasteiger partial charge in [0.1, 0.15) is 5.76 Å². The van der Waals surface area contributed by atoms with Crippen molar-refractivity contribution in [2.75, 3.05) is 12.4 Å². The van der Waals surface area contributed by atoms with Gasteiger partial charge in [0.15, 0.2) is 0 Å². The lowest BCUT2D eigenvalue weighted by Crippen LogP contribution is -2.13. The molecule has 1 heterocycles. The first kappa shape index (κ1) is 20.0. The fourth-order valence-electron chi connectivity index (χ4n) is 2.48. The summed E-state index contributed by atoms with van der Waals surface area (Å²) in [6, 6.07) is 13.8. The molecule has 0 aliphatic rings. The first-order valence-corrected chi connectivity index (χ1v) is 9.67. The third-order valence-corrected chi connectivity index (χ3v) is 5.23. The number of halogens is 1. The molecule has 0 atom stereocenters. The minimum atomic E-state index is -0.570. The maximum atomic E-state index is 12.8. The Balaban J connectivity index is 1.77. The Hall–Kier alpha value is -2.77. The van der Waals surface area contributed by atoms with Crippen molar-refractivity contribution in [1.29, 1.82) is 0 Å². The number of hydrogen-bond acceptors (Lipinski definition) is 6. The van der Waals surface area contributed by atoms with Crippen LogP contribution in [0.4, 0.5) is 5.69 Å². The standard InChI is InChI=1S/C20H17ClN2O4S/c1-12-9-14(27-23-12)11-28-18-6-4-3-5-15(18)19(24)22-13-7-8-17(21)16(10-13)20(25)26-2/h3-10H,11H2,1-2H3,(H,22,24). The van der Waals surface area contributed by atoms with E-state index in [0.29, 0.717) is 17.0 Å². The Bertz CT molecular complexity index is 1020. The van der Waals surface area contributed by atoms with Gasteiger partial charge in [0, 0.05) is 16.6 Å². The van der Waals surface area contributed by atoms with E-state index in [0.717, 1.165) is 16.3 Å². The number of nitrogens with one attached hydrogen (secondary N) is 1. The van der Waals surface area contributed by atoms with Gasteiger partial charge in [-0.2, -0.15) is 0 Å². The number of ether oxygens (including phenoxy) is 1. The molecule has 1 amide bonds. The zero-order chi connectivity index (χ0) is 20.1. The second-order valence-corrected chi connectivity index (χ2v) is 7.28. The molecule has 3 aromatic rings. The Kier molecular flexibility index (Phi) is 6.38. The van der Waals surface area contributed by atoms with Crippen molar-refractivity contribution in [2.45, 2.75) is 17.6 Å². The smallest absolute Gasteiger partial charge is 0.339 e. The molecule has 0 unspecified atom stereocenters. The number of benzene rings is 2. The van der Waals surface area contributed by atoms with Crippen LogP contribution in [-0.4, -0.2) is 24.1 Å². The number of rotatable bonds is 6. The van der Waals surface area contributed by atoms with E-state index in [1.165, 1.54) is 31.0 Å². The number of amides is 1. The van der Waals surface area contributed by atoms with Crippen molar-refractivity contribution in [3.05, 3.63) is 76.1 Å². The van der Waals surface area contributed by atoms with Gasteiger partial charge in [-0.15, -0.1) is 11.8 Å². The second-order valence-electron chi connectivity index (χ2n) is 5.86. The Labute approximate surface area is 171 Å². The quantitative estimate of drug-likeness (QED) is 0.451.